The van der Waals surface area contributed by atoms with Crippen molar-refractivity contribution < 1.29 is 4.39 Å². The maximum atomic E-state index is 13.5. The van der Waals surface area contributed by atoms with Crippen LogP contribution in [-0.2, 0) is 6.42 Å². The number of hydrogen-bond acceptors (Lipinski definition) is 3. The smallest absolute Gasteiger partial charge is 0.123 e. The van der Waals surface area contributed by atoms with Gasteiger partial charge in [-0.05, 0) is 72.5 Å². The fraction of sp³-hybridized carbons (Fsp3) is 0.138. The molecular formula is C29H24FNS2. The summed E-state index contributed by atoms with van der Waals surface area (Å²) in [4.78, 5) is 7.62. The number of rotatable bonds is 6. The summed E-state index contributed by atoms with van der Waals surface area (Å²) in [5, 5.41) is 0. The molecule has 0 aromatic heterocycles. The largest absolute Gasteiger partial charge is 0.252 e. The molecule has 4 aromatic carbocycles. The van der Waals surface area contributed by atoms with Crippen LogP contribution in [0.15, 0.2) is 124 Å². The molecule has 0 saturated heterocycles. The van der Waals surface area contributed by atoms with Crippen molar-refractivity contribution in [2.75, 3.05) is 0 Å². The summed E-state index contributed by atoms with van der Waals surface area (Å²) in [6.45, 7) is 0. The molecule has 0 bridgehead atoms. The van der Waals surface area contributed by atoms with Gasteiger partial charge in [-0.1, -0.05) is 60.7 Å². The Hall–Kier alpha value is -2.82. The first-order valence-corrected chi connectivity index (χ1v) is 12.9. The highest BCUT2D eigenvalue weighted by molar-refractivity contribution is 8.17. The molecule has 5 rings (SSSR count). The summed E-state index contributed by atoms with van der Waals surface area (Å²) in [5.74, 6) is 0.0112. The number of benzene rings is 4. The van der Waals surface area contributed by atoms with Gasteiger partial charge in [-0.3, -0.25) is 4.99 Å². The number of nitrogens with zero attached hydrogens (tertiary/aromatic N) is 1. The number of fused-ring (bicyclic) bond motifs is 1. The van der Waals surface area contributed by atoms with E-state index >= 15 is 0 Å². The second kappa shape index (κ2) is 10.4. The van der Waals surface area contributed by atoms with Crippen LogP contribution in [0, 0.1) is 11.7 Å². The molecule has 0 amide bonds. The zero-order valence-electron chi connectivity index (χ0n) is 18.1. The lowest BCUT2D eigenvalue weighted by molar-refractivity contribution is 0.628. The van der Waals surface area contributed by atoms with Gasteiger partial charge in [0.25, 0.3) is 0 Å². The monoisotopic (exact) mass is 469 g/mol. The molecular weight excluding hydrogens is 445 g/mol. The van der Waals surface area contributed by atoms with E-state index in [0.717, 1.165) is 24.2 Å². The van der Waals surface area contributed by atoms with Crippen LogP contribution >= 0.6 is 23.5 Å². The first-order chi connectivity index (χ1) is 16.3. The van der Waals surface area contributed by atoms with Crippen LogP contribution < -0.4 is 0 Å². The Morgan fingerprint density at radius 2 is 1.27 bits per heavy atom. The summed E-state index contributed by atoms with van der Waals surface area (Å²) in [6.07, 6.45) is 2.06. The SMILES string of the molecule is Fc1ccc(/N=C2\c3ccccc3CCC2C(Sc2ccccc2)Sc2ccccc2)cc1. The van der Waals surface area contributed by atoms with Gasteiger partial charge in [0.2, 0.25) is 0 Å². The number of aliphatic imine (C=N–C) groups is 1. The average Bonchev–Trinajstić information content (AvgIpc) is 2.86. The Bertz CT molecular complexity index is 1180. The summed E-state index contributed by atoms with van der Waals surface area (Å²) in [5.41, 5.74) is 4.44. The third kappa shape index (κ3) is 5.40. The molecule has 0 fully saturated rings. The van der Waals surface area contributed by atoms with Crippen molar-refractivity contribution in [1.29, 1.82) is 0 Å². The van der Waals surface area contributed by atoms with E-state index in [9.17, 15) is 4.39 Å². The summed E-state index contributed by atoms with van der Waals surface area (Å²) >= 11 is 3.81. The van der Waals surface area contributed by atoms with Crippen molar-refractivity contribution in [3.05, 3.63) is 126 Å². The van der Waals surface area contributed by atoms with Crippen molar-refractivity contribution in [3.63, 3.8) is 0 Å². The van der Waals surface area contributed by atoms with Gasteiger partial charge in [-0.2, -0.15) is 0 Å². The third-order valence-corrected chi connectivity index (χ3v) is 8.55. The summed E-state index contributed by atoms with van der Waals surface area (Å²) in [6, 6.07) is 36.3. The van der Waals surface area contributed by atoms with E-state index in [1.807, 2.05) is 23.5 Å². The lowest BCUT2D eigenvalue weighted by Crippen LogP contribution is -2.30. The zero-order valence-corrected chi connectivity index (χ0v) is 19.7. The Morgan fingerprint density at radius 3 is 1.91 bits per heavy atom. The predicted molar refractivity (Wildman–Crippen MR) is 139 cm³/mol. The third-order valence-electron chi connectivity index (χ3n) is 5.76. The minimum absolute atomic E-state index is 0.239. The molecule has 0 heterocycles. The van der Waals surface area contributed by atoms with Crippen LogP contribution in [0.5, 0.6) is 0 Å². The lowest BCUT2D eigenvalue weighted by Gasteiger charge is -2.32. The van der Waals surface area contributed by atoms with Crippen LogP contribution in [0.3, 0.4) is 0 Å². The molecule has 0 radical (unpaired) electrons. The van der Waals surface area contributed by atoms with Gasteiger partial charge in [0.15, 0.2) is 0 Å². The number of halogens is 1. The van der Waals surface area contributed by atoms with Gasteiger partial charge >= 0.3 is 0 Å². The Morgan fingerprint density at radius 1 is 0.697 bits per heavy atom. The first kappa shape index (κ1) is 22.0. The molecule has 0 N–H and O–H groups in total. The normalized spacial score (nSPS) is 16.7. The second-order valence-corrected chi connectivity index (χ2v) is 10.7. The maximum Gasteiger partial charge on any atom is 0.123 e. The average molecular weight is 470 g/mol. The van der Waals surface area contributed by atoms with Crippen molar-refractivity contribution >= 4 is 34.9 Å². The maximum absolute atomic E-state index is 13.5. The lowest BCUT2D eigenvalue weighted by atomic mass is 9.82. The van der Waals surface area contributed by atoms with E-state index in [0.29, 0.717) is 0 Å². The Balaban J connectivity index is 1.57. The van der Waals surface area contributed by atoms with Gasteiger partial charge in [0.1, 0.15) is 5.82 Å². The molecule has 1 atom stereocenters. The molecule has 1 aliphatic carbocycles. The van der Waals surface area contributed by atoms with Gasteiger partial charge in [0.05, 0.1) is 16.0 Å². The van der Waals surface area contributed by atoms with Crippen molar-refractivity contribution in [1.82, 2.24) is 0 Å². The molecule has 0 saturated carbocycles. The van der Waals surface area contributed by atoms with Gasteiger partial charge in [-0.15, -0.1) is 23.5 Å². The molecule has 0 aliphatic heterocycles. The van der Waals surface area contributed by atoms with Crippen molar-refractivity contribution in [2.24, 2.45) is 10.9 Å². The first-order valence-electron chi connectivity index (χ1n) is 11.1. The number of aryl methyl sites for hydroxylation is 1. The topological polar surface area (TPSA) is 12.4 Å². The predicted octanol–water partition coefficient (Wildman–Crippen LogP) is 8.42. The highest BCUT2D eigenvalue weighted by Crippen LogP contribution is 2.45. The highest BCUT2D eigenvalue weighted by atomic mass is 32.2. The van der Waals surface area contributed by atoms with E-state index < -0.39 is 0 Å². The molecule has 1 aliphatic rings. The van der Waals surface area contributed by atoms with E-state index in [1.54, 1.807) is 12.1 Å². The summed E-state index contributed by atoms with van der Waals surface area (Å²) < 4.78 is 13.8. The van der Waals surface area contributed by atoms with Crippen LogP contribution in [0.4, 0.5) is 10.1 Å². The fourth-order valence-corrected chi connectivity index (χ4v) is 7.04. The van der Waals surface area contributed by atoms with E-state index in [1.165, 1.54) is 33.1 Å². The fourth-order valence-electron chi connectivity index (χ4n) is 4.15. The highest BCUT2D eigenvalue weighted by Gasteiger charge is 2.33. The van der Waals surface area contributed by atoms with Crippen molar-refractivity contribution in [2.45, 2.75) is 27.2 Å². The molecule has 33 heavy (non-hydrogen) atoms. The summed E-state index contributed by atoms with van der Waals surface area (Å²) in [7, 11) is 0. The van der Waals surface area contributed by atoms with E-state index in [4.69, 9.17) is 4.99 Å². The van der Waals surface area contributed by atoms with Gasteiger partial charge in [-0.25, -0.2) is 4.39 Å². The number of thioether (sulfide) groups is 2. The number of hydrogen-bond donors (Lipinski definition) is 0. The quantitative estimate of drug-likeness (QED) is 0.207. The standard InChI is InChI=1S/C29H24FNS2/c30-22-16-18-23(19-17-22)31-28-26-14-8-7-9-21(26)15-20-27(28)29(32-24-10-3-1-4-11-24)33-25-12-5-2-6-13-25/h1-14,16-19,27,29H,15,20H2/b31-28+. The molecule has 0 spiro atoms. The second-order valence-electron chi connectivity index (χ2n) is 8.01. The van der Waals surface area contributed by atoms with Crippen LogP contribution in [0.25, 0.3) is 0 Å². The van der Waals surface area contributed by atoms with Crippen LogP contribution in [-0.4, -0.2) is 10.3 Å². The van der Waals surface area contributed by atoms with Crippen LogP contribution in [0.1, 0.15) is 17.5 Å². The van der Waals surface area contributed by atoms with E-state index in [2.05, 4.69) is 84.9 Å². The van der Waals surface area contributed by atoms with Gasteiger partial charge < -0.3 is 0 Å². The van der Waals surface area contributed by atoms with Crippen molar-refractivity contribution in [3.8, 4) is 0 Å². The minimum Gasteiger partial charge on any atom is -0.252 e. The molecule has 164 valence electrons. The molecule has 1 unspecified atom stereocenters. The van der Waals surface area contributed by atoms with Crippen LogP contribution in [0.2, 0.25) is 0 Å². The van der Waals surface area contributed by atoms with Gasteiger partial charge in [0, 0.05) is 15.7 Å². The molecule has 4 heteroatoms. The Kier molecular flexibility index (Phi) is 6.94. The molecule has 4 aromatic rings. The Labute approximate surface area is 203 Å². The minimum atomic E-state index is -0.239. The molecule has 1 nitrogen and oxygen atoms in total. The van der Waals surface area contributed by atoms with E-state index in [-0.39, 0.29) is 16.3 Å². The zero-order chi connectivity index (χ0) is 22.5.